The molecule has 0 saturated heterocycles. The Morgan fingerprint density at radius 2 is 1.90 bits per heavy atom. The van der Waals surface area contributed by atoms with Crippen molar-refractivity contribution in [3.8, 4) is 11.5 Å². The number of hydrogen-bond donors (Lipinski definition) is 2. The van der Waals surface area contributed by atoms with Gasteiger partial charge in [0.2, 0.25) is 0 Å². The smallest absolute Gasteiger partial charge is 0.335 e. The molecule has 3 aromatic carbocycles. The molecule has 0 aliphatic heterocycles. The van der Waals surface area contributed by atoms with Gasteiger partial charge in [0.1, 0.15) is 6.61 Å². The number of methoxy groups -OCH3 is 1. The topological polar surface area (TPSA) is 80.2 Å². The third-order valence-corrected chi connectivity index (χ3v) is 4.25. The van der Waals surface area contributed by atoms with Crippen LogP contribution in [0.25, 0.3) is 0 Å². The zero-order chi connectivity index (χ0) is 20.6. The van der Waals surface area contributed by atoms with Crippen LogP contribution in [0, 0.1) is 0 Å². The molecule has 2 N–H and O–H groups in total. The number of nitrogens with zero attached hydrogens (tertiary/aromatic N) is 1. The van der Waals surface area contributed by atoms with Crippen LogP contribution in [0.1, 0.15) is 21.5 Å². The van der Waals surface area contributed by atoms with E-state index in [1.54, 1.807) is 25.5 Å². The summed E-state index contributed by atoms with van der Waals surface area (Å²) in [6.45, 7) is 0.373. The Balaban J connectivity index is 1.63. The molecular formula is C22H19ClN2O4. The van der Waals surface area contributed by atoms with Crippen molar-refractivity contribution in [1.29, 1.82) is 0 Å². The van der Waals surface area contributed by atoms with Crippen molar-refractivity contribution < 1.29 is 19.4 Å². The molecule has 0 radical (unpaired) electrons. The monoisotopic (exact) mass is 410 g/mol. The predicted octanol–water partition coefficient (Wildman–Crippen LogP) is 5.07. The van der Waals surface area contributed by atoms with Gasteiger partial charge in [-0.05, 0) is 65.7 Å². The maximum absolute atomic E-state index is 10.9. The van der Waals surface area contributed by atoms with Crippen LogP contribution in [-0.4, -0.2) is 24.4 Å². The predicted molar refractivity (Wildman–Crippen MR) is 113 cm³/mol. The fourth-order valence-electron chi connectivity index (χ4n) is 2.54. The molecule has 0 aliphatic carbocycles. The summed E-state index contributed by atoms with van der Waals surface area (Å²) in [7, 11) is 1.57. The highest BCUT2D eigenvalue weighted by atomic mass is 35.5. The molecule has 0 amide bonds. The van der Waals surface area contributed by atoms with E-state index in [2.05, 4.69) is 10.5 Å². The number of rotatable bonds is 8. The van der Waals surface area contributed by atoms with E-state index in [1.807, 2.05) is 42.5 Å². The number of carboxylic acids is 1. The zero-order valence-electron chi connectivity index (χ0n) is 15.6. The molecule has 0 atom stereocenters. The molecule has 29 heavy (non-hydrogen) atoms. The highest BCUT2D eigenvalue weighted by Gasteiger charge is 2.06. The first-order valence-corrected chi connectivity index (χ1v) is 9.10. The fraction of sp³-hybridized carbons (Fsp3) is 0.0909. The minimum Gasteiger partial charge on any atom is -0.493 e. The number of anilines is 1. The molecule has 3 rings (SSSR count). The molecule has 0 aromatic heterocycles. The molecule has 0 unspecified atom stereocenters. The van der Waals surface area contributed by atoms with Crippen LogP contribution in [0.3, 0.4) is 0 Å². The Bertz CT molecular complexity index is 1020. The fourth-order valence-corrected chi connectivity index (χ4v) is 2.75. The first-order valence-electron chi connectivity index (χ1n) is 8.73. The third kappa shape index (κ3) is 5.73. The lowest BCUT2D eigenvalue weighted by atomic mass is 10.2. The Labute approximate surface area is 173 Å². The highest BCUT2D eigenvalue weighted by molar-refractivity contribution is 6.30. The van der Waals surface area contributed by atoms with E-state index in [0.717, 1.165) is 11.1 Å². The highest BCUT2D eigenvalue weighted by Crippen LogP contribution is 2.28. The van der Waals surface area contributed by atoms with Crippen molar-refractivity contribution in [3.05, 3.63) is 88.4 Å². The molecule has 7 heteroatoms. The molecular weight excluding hydrogens is 392 g/mol. The van der Waals surface area contributed by atoms with Crippen molar-refractivity contribution >= 4 is 29.5 Å². The van der Waals surface area contributed by atoms with Gasteiger partial charge in [0.25, 0.3) is 0 Å². The number of hydrogen-bond acceptors (Lipinski definition) is 5. The second kappa shape index (κ2) is 9.61. The summed E-state index contributed by atoms with van der Waals surface area (Å²) >= 11 is 5.99. The lowest BCUT2D eigenvalue weighted by Crippen LogP contribution is -1.99. The Morgan fingerprint density at radius 1 is 1.10 bits per heavy atom. The number of halogens is 1. The normalized spacial score (nSPS) is 10.7. The maximum Gasteiger partial charge on any atom is 0.335 e. The van der Waals surface area contributed by atoms with Gasteiger partial charge < -0.3 is 14.6 Å². The SMILES string of the molecule is COc1cc(C=NNc2ccc(C(=O)O)cc2)ccc1OCc1cccc(Cl)c1. The first kappa shape index (κ1) is 20.2. The van der Waals surface area contributed by atoms with E-state index < -0.39 is 5.97 Å². The van der Waals surface area contributed by atoms with Gasteiger partial charge in [0, 0.05) is 5.02 Å². The maximum atomic E-state index is 10.9. The van der Waals surface area contributed by atoms with Gasteiger partial charge >= 0.3 is 5.97 Å². The minimum atomic E-state index is -0.968. The largest absolute Gasteiger partial charge is 0.493 e. The average molecular weight is 411 g/mol. The number of carboxylic acid groups (broad SMARTS) is 1. The standard InChI is InChI=1S/C22H19ClN2O4/c1-28-21-12-15(13-24-25-19-8-6-17(7-9-19)22(26)27)5-10-20(21)29-14-16-3-2-4-18(23)11-16/h2-13,25H,14H2,1H3,(H,26,27). The van der Waals surface area contributed by atoms with Crippen molar-refractivity contribution in [3.63, 3.8) is 0 Å². The van der Waals surface area contributed by atoms with E-state index in [-0.39, 0.29) is 5.56 Å². The third-order valence-electron chi connectivity index (χ3n) is 4.01. The second-order valence-corrected chi connectivity index (χ2v) is 6.52. The molecule has 0 aliphatic rings. The average Bonchev–Trinajstić information content (AvgIpc) is 2.73. The van der Waals surface area contributed by atoms with Crippen molar-refractivity contribution in [2.75, 3.05) is 12.5 Å². The molecule has 6 nitrogen and oxygen atoms in total. The number of nitrogens with one attached hydrogen (secondary N) is 1. The zero-order valence-corrected chi connectivity index (χ0v) is 16.4. The van der Waals surface area contributed by atoms with Crippen LogP contribution in [0.2, 0.25) is 5.02 Å². The molecule has 0 fully saturated rings. The van der Waals surface area contributed by atoms with Gasteiger partial charge in [-0.1, -0.05) is 23.7 Å². The molecule has 0 bridgehead atoms. The Morgan fingerprint density at radius 3 is 2.59 bits per heavy atom. The number of carbonyl (C=O) groups is 1. The lowest BCUT2D eigenvalue weighted by Gasteiger charge is -2.11. The van der Waals surface area contributed by atoms with Crippen molar-refractivity contribution in [1.82, 2.24) is 0 Å². The Kier molecular flexibility index (Phi) is 6.71. The first-order chi connectivity index (χ1) is 14.0. The van der Waals surface area contributed by atoms with Gasteiger partial charge in [0.05, 0.1) is 24.6 Å². The van der Waals surface area contributed by atoms with Crippen LogP contribution in [0.4, 0.5) is 5.69 Å². The molecule has 0 heterocycles. The van der Waals surface area contributed by atoms with Gasteiger partial charge in [0.15, 0.2) is 11.5 Å². The summed E-state index contributed by atoms with van der Waals surface area (Å²) in [5, 5.41) is 13.7. The summed E-state index contributed by atoms with van der Waals surface area (Å²) in [6, 6.07) is 19.3. The summed E-state index contributed by atoms with van der Waals surface area (Å²) in [4.78, 5) is 10.9. The van der Waals surface area contributed by atoms with E-state index >= 15 is 0 Å². The van der Waals surface area contributed by atoms with E-state index in [1.165, 1.54) is 12.1 Å². The van der Waals surface area contributed by atoms with E-state index in [9.17, 15) is 4.79 Å². The van der Waals surface area contributed by atoms with Gasteiger partial charge in [-0.25, -0.2) is 4.79 Å². The number of benzene rings is 3. The van der Waals surface area contributed by atoms with Gasteiger partial charge in [-0.3, -0.25) is 5.43 Å². The van der Waals surface area contributed by atoms with Crippen LogP contribution in [-0.2, 0) is 6.61 Å². The lowest BCUT2D eigenvalue weighted by molar-refractivity contribution is 0.0697. The van der Waals surface area contributed by atoms with Crippen LogP contribution < -0.4 is 14.9 Å². The van der Waals surface area contributed by atoms with Crippen LogP contribution in [0.15, 0.2) is 71.8 Å². The summed E-state index contributed by atoms with van der Waals surface area (Å²) in [5.41, 5.74) is 5.53. The molecule has 3 aromatic rings. The number of hydrazone groups is 1. The quantitative estimate of drug-likeness (QED) is 0.400. The van der Waals surface area contributed by atoms with Crippen LogP contribution in [0.5, 0.6) is 11.5 Å². The van der Waals surface area contributed by atoms with Crippen LogP contribution >= 0.6 is 11.6 Å². The summed E-state index contributed by atoms with van der Waals surface area (Å²) in [5.74, 6) is 0.230. The molecule has 148 valence electrons. The molecule has 0 spiro atoms. The summed E-state index contributed by atoms with van der Waals surface area (Å²) < 4.78 is 11.2. The summed E-state index contributed by atoms with van der Waals surface area (Å²) in [6.07, 6.45) is 1.63. The number of aromatic carboxylic acids is 1. The van der Waals surface area contributed by atoms with Gasteiger partial charge in [-0.15, -0.1) is 0 Å². The van der Waals surface area contributed by atoms with Crippen molar-refractivity contribution in [2.24, 2.45) is 5.10 Å². The second-order valence-electron chi connectivity index (χ2n) is 6.08. The van der Waals surface area contributed by atoms with E-state index in [0.29, 0.717) is 28.8 Å². The minimum absolute atomic E-state index is 0.220. The van der Waals surface area contributed by atoms with Crippen molar-refractivity contribution in [2.45, 2.75) is 6.61 Å². The Hall–Kier alpha value is -3.51. The van der Waals surface area contributed by atoms with E-state index in [4.69, 9.17) is 26.2 Å². The number of ether oxygens (including phenoxy) is 2. The van der Waals surface area contributed by atoms with Gasteiger partial charge in [-0.2, -0.15) is 5.10 Å². The molecule has 0 saturated carbocycles.